The largest absolute Gasteiger partial charge is 0.336 e. The smallest absolute Gasteiger partial charge is 0.256 e. The lowest BCUT2D eigenvalue weighted by molar-refractivity contribution is 0.0598. The summed E-state index contributed by atoms with van der Waals surface area (Å²) < 4.78 is 13.2. The highest BCUT2D eigenvalue weighted by Gasteiger charge is 2.29. The number of carbonyl (C=O) groups excluding carboxylic acids is 2. The molecule has 4 aromatic rings. The van der Waals surface area contributed by atoms with Gasteiger partial charge in [0.25, 0.3) is 11.8 Å². The van der Waals surface area contributed by atoms with Gasteiger partial charge >= 0.3 is 0 Å². The van der Waals surface area contributed by atoms with Gasteiger partial charge in [-0.3, -0.25) is 14.5 Å². The SMILES string of the molecule is O=C(Nc1ccccc1C(=O)N1CCN(C(c2ccccc2)c2ccccc2)CC1)c1ccc(F)cc1. The van der Waals surface area contributed by atoms with E-state index in [1.54, 1.807) is 24.3 Å². The molecule has 186 valence electrons. The average Bonchev–Trinajstić information content (AvgIpc) is 2.95. The first-order valence-electron chi connectivity index (χ1n) is 12.4. The van der Waals surface area contributed by atoms with Crippen molar-refractivity contribution in [2.24, 2.45) is 0 Å². The van der Waals surface area contributed by atoms with Crippen LogP contribution in [0.5, 0.6) is 0 Å². The normalized spacial score (nSPS) is 13.9. The molecular formula is C31H28FN3O2. The van der Waals surface area contributed by atoms with Crippen LogP contribution in [-0.2, 0) is 0 Å². The van der Waals surface area contributed by atoms with Gasteiger partial charge in [-0.05, 0) is 47.5 Å². The van der Waals surface area contributed by atoms with Crippen LogP contribution in [0.4, 0.5) is 10.1 Å². The van der Waals surface area contributed by atoms with Crippen LogP contribution in [0, 0.1) is 5.82 Å². The predicted molar refractivity (Wildman–Crippen MR) is 143 cm³/mol. The van der Waals surface area contributed by atoms with E-state index in [0.717, 1.165) is 13.1 Å². The Labute approximate surface area is 216 Å². The molecule has 0 aliphatic carbocycles. The molecule has 0 spiro atoms. The molecule has 2 amide bonds. The number of para-hydroxylation sites is 1. The number of amides is 2. The average molecular weight is 494 g/mol. The fourth-order valence-electron chi connectivity index (χ4n) is 4.81. The van der Waals surface area contributed by atoms with Crippen LogP contribution < -0.4 is 5.32 Å². The van der Waals surface area contributed by atoms with E-state index in [9.17, 15) is 14.0 Å². The Morgan fingerprint density at radius 1 is 0.676 bits per heavy atom. The number of piperazine rings is 1. The van der Waals surface area contributed by atoms with Gasteiger partial charge in [-0.25, -0.2) is 4.39 Å². The molecule has 1 fully saturated rings. The Morgan fingerprint density at radius 2 is 1.22 bits per heavy atom. The van der Waals surface area contributed by atoms with Crippen molar-refractivity contribution in [2.75, 3.05) is 31.5 Å². The highest BCUT2D eigenvalue weighted by atomic mass is 19.1. The van der Waals surface area contributed by atoms with Crippen molar-refractivity contribution in [2.45, 2.75) is 6.04 Å². The van der Waals surface area contributed by atoms with Crippen molar-refractivity contribution >= 4 is 17.5 Å². The van der Waals surface area contributed by atoms with Crippen LogP contribution in [0.3, 0.4) is 0 Å². The van der Waals surface area contributed by atoms with Gasteiger partial charge in [0.2, 0.25) is 0 Å². The number of rotatable bonds is 6. The summed E-state index contributed by atoms with van der Waals surface area (Å²) in [6, 6.07) is 33.3. The number of hydrogen-bond donors (Lipinski definition) is 1. The van der Waals surface area contributed by atoms with Crippen molar-refractivity contribution in [3.8, 4) is 0 Å². The zero-order valence-electron chi connectivity index (χ0n) is 20.4. The molecule has 4 aromatic carbocycles. The summed E-state index contributed by atoms with van der Waals surface area (Å²) in [5, 5.41) is 2.82. The number of halogens is 1. The first-order chi connectivity index (χ1) is 18.1. The van der Waals surface area contributed by atoms with Crippen LogP contribution >= 0.6 is 0 Å². The van der Waals surface area contributed by atoms with Crippen LogP contribution in [0.15, 0.2) is 109 Å². The Morgan fingerprint density at radius 3 is 1.81 bits per heavy atom. The molecule has 37 heavy (non-hydrogen) atoms. The summed E-state index contributed by atoms with van der Waals surface area (Å²) in [6.45, 7) is 2.61. The van der Waals surface area contributed by atoms with Gasteiger partial charge in [0.1, 0.15) is 5.82 Å². The lowest BCUT2D eigenvalue weighted by atomic mass is 9.96. The summed E-state index contributed by atoms with van der Waals surface area (Å²) >= 11 is 0. The zero-order chi connectivity index (χ0) is 25.6. The topological polar surface area (TPSA) is 52.7 Å². The summed E-state index contributed by atoms with van der Waals surface area (Å²) in [5.41, 5.74) is 3.65. The molecular weight excluding hydrogens is 465 g/mol. The second-order valence-electron chi connectivity index (χ2n) is 9.06. The van der Waals surface area contributed by atoms with Crippen molar-refractivity contribution in [1.82, 2.24) is 9.80 Å². The lowest BCUT2D eigenvalue weighted by Gasteiger charge is -2.40. The zero-order valence-corrected chi connectivity index (χ0v) is 20.4. The molecule has 1 heterocycles. The summed E-state index contributed by atoms with van der Waals surface area (Å²) in [6.07, 6.45) is 0. The summed E-state index contributed by atoms with van der Waals surface area (Å²) in [7, 11) is 0. The standard InChI is InChI=1S/C31H28FN3O2/c32-26-17-15-25(16-18-26)30(36)33-28-14-8-7-13-27(28)31(37)35-21-19-34(20-22-35)29(23-9-3-1-4-10-23)24-11-5-2-6-12-24/h1-18,29H,19-22H2,(H,33,36). The number of hydrogen-bond acceptors (Lipinski definition) is 3. The molecule has 1 saturated heterocycles. The van der Waals surface area contributed by atoms with Gasteiger partial charge in [-0.1, -0.05) is 72.8 Å². The van der Waals surface area contributed by atoms with Crippen LogP contribution in [0.2, 0.25) is 0 Å². The van der Waals surface area contributed by atoms with E-state index in [1.807, 2.05) is 17.0 Å². The third-order valence-electron chi connectivity index (χ3n) is 6.71. The monoisotopic (exact) mass is 493 g/mol. The van der Waals surface area contributed by atoms with Crippen molar-refractivity contribution in [3.05, 3.63) is 137 Å². The third-order valence-corrected chi connectivity index (χ3v) is 6.71. The summed E-state index contributed by atoms with van der Waals surface area (Å²) in [4.78, 5) is 30.5. The van der Waals surface area contributed by atoms with Crippen LogP contribution in [-0.4, -0.2) is 47.8 Å². The van der Waals surface area contributed by atoms with E-state index in [-0.39, 0.29) is 11.9 Å². The molecule has 1 N–H and O–H groups in total. The van der Waals surface area contributed by atoms with Crippen LogP contribution in [0.1, 0.15) is 37.9 Å². The number of nitrogens with zero attached hydrogens (tertiary/aromatic N) is 2. The lowest BCUT2D eigenvalue weighted by Crippen LogP contribution is -2.50. The van der Waals surface area contributed by atoms with E-state index >= 15 is 0 Å². The summed E-state index contributed by atoms with van der Waals surface area (Å²) in [5.74, 6) is -0.919. The quantitative estimate of drug-likeness (QED) is 0.379. The van der Waals surface area contributed by atoms with E-state index in [0.29, 0.717) is 29.9 Å². The van der Waals surface area contributed by atoms with Gasteiger partial charge < -0.3 is 10.2 Å². The van der Waals surface area contributed by atoms with Crippen molar-refractivity contribution in [1.29, 1.82) is 0 Å². The molecule has 0 radical (unpaired) electrons. The van der Waals surface area contributed by atoms with Crippen LogP contribution in [0.25, 0.3) is 0 Å². The van der Waals surface area contributed by atoms with E-state index in [1.165, 1.54) is 35.4 Å². The molecule has 1 aliphatic heterocycles. The van der Waals surface area contributed by atoms with E-state index in [2.05, 4.69) is 58.7 Å². The first-order valence-corrected chi connectivity index (χ1v) is 12.4. The Bertz CT molecular complexity index is 1310. The first kappa shape index (κ1) is 24.4. The Kier molecular flexibility index (Phi) is 7.38. The van der Waals surface area contributed by atoms with Gasteiger partial charge in [-0.15, -0.1) is 0 Å². The molecule has 5 nitrogen and oxygen atoms in total. The maximum Gasteiger partial charge on any atom is 0.256 e. The minimum absolute atomic E-state index is 0.113. The second-order valence-corrected chi connectivity index (χ2v) is 9.06. The fraction of sp³-hybridized carbons (Fsp3) is 0.161. The molecule has 0 atom stereocenters. The van der Waals surface area contributed by atoms with Gasteiger partial charge in [-0.2, -0.15) is 0 Å². The third kappa shape index (κ3) is 5.60. The van der Waals surface area contributed by atoms with Gasteiger partial charge in [0.05, 0.1) is 17.3 Å². The molecule has 0 saturated carbocycles. The number of carbonyl (C=O) groups is 2. The molecule has 5 rings (SSSR count). The number of benzene rings is 4. The highest BCUT2D eigenvalue weighted by molar-refractivity contribution is 6.09. The Balaban J connectivity index is 1.30. The molecule has 0 aromatic heterocycles. The maximum absolute atomic E-state index is 13.5. The number of nitrogens with one attached hydrogen (secondary N) is 1. The maximum atomic E-state index is 13.5. The Hall–Kier alpha value is -4.29. The molecule has 0 unspecified atom stereocenters. The molecule has 6 heteroatoms. The molecule has 1 aliphatic rings. The van der Waals surface area contributed by atoms with Gasteiger partial charge in [0.15, 0.2) is 0 Å². The van der Waals surface area contributed by atoms with Gasteiger partial charge in [0, 0.05) is 31.7 Å². The van der Waals surface area contributed by atoms with E-state index < -0.39 is 11.7 Å². The minimum atomic E-state index is -0.409. The fourth-order valence-corrected chi connectivity index (χ4v) is 4.81. The predicted octanol–water partition coefficient (Wildman–Crippen LogP) is 5.63. The number of anilines is 1. The van der Waals surface area contributed by atoms with Crippen molar-refractivity contribution < 1.29 is 14.0 Å². The minimum Gasteiger partial charge on any atom is -0.336 e. The molecule has 0 bridgehead atoms. The second kappa shape index (κ2) is 11.2. The van der Waals surface area contributed by atoms with Crippen molar-refractivity contribution in [3.63, 3.8) is 0 Å². The highest BCUT2D eigenvalue weighted by Crippen LogP contribution is 2.30. The van der Waals surface area contributed by atoms with E-state index in [4.69, 9.17) is 0 Å².